The second-order valence-electron chi connectivity index (χ2n) is 13.6. The van der Waals surface area contributed by atoms with Crippen LogP contribution in [0.5, 0.6) is 0 Å². The number of nitrogens with zero attached hydrogens (tertiary/aromatic N) is 3. The lowest BCUT2D eigenvalue weighted by molar-refractivity contribution is -0.150. The first-order valence-electron chi connectivity index (χ1n) is 16.6. The minimum Gasteiger partial charge on any atom is -0.464 e. The molecule has 12 nitrogen and oxygen atoms in total. The molecule has 0 spiro atoms. The standard InChI is InChI=1S/C35H44BrN5O7/c1-5-47-32(45)35-20-23(35)16-12-7-6-8-13-17-26(37-33(46)48-34(2,3)4)31(44)40-21-24(18-27(40)30(43)38-35)41-28(42)19-25(36)29(39-41)22-14-10-9-11-15-22/h9-12,14-16,19,23-24,26-27H,5-8,13,17-18,20-21H2,1-4H3,(H,37,46)(H,38,43)/t23?,24-,26+,27+,35-/m1/s1. The van der Waals surface area contributed by atoms with Gasteiger partial charge in [0.2, 0.25) is 11.8 Å². The highest BCUT2D eigenvalue weighted by Crippen LogP contribution is 2.46. The molecule has 3 aliphatic rings. The molecule has 1 aliphatic carbocycles. The van der Waals surface area contributed by atoms with Gasteiger partial charge in [0.05, 0.1) is 17.1 Å². The molecule has 1 saturated carbocycles. The Bertz CT molecular complexity index is 1620. The molecule has 1 unspecified atom stereocenters. The van der Waals surface area contributed by atoms with Gasteiger partial charge < -0.3 is 25.0 Å². The summed E-state index contributed by atoms with van der Waals surface area (Å²) in [6.07, 6.45) is 7.12. The second kappa shape index (κ2) is 14.6. The maximum Gasteiger partial charge on any atom is 0.408 e. The number of fused-ring (bicyclic) bond motifs is 2. The summed E-state index contributed by atoms with van der Waals surface area (Å²) in [5.74, 6) is -1.76. The predicted molar refractivity (Wildman–Crippen MR) is 182 cm³/mol. The zero-order chi connectivity index (χ0) is 34.6. The Hall–Kier alpha value is -4.00. The number of rotatable bonds is 5. The summed E-state index contributed by atoms with van der Waals surface area (Å²) in [6.45, 7) is 7.07. The number of alkyl carbamates (subject to hydrolysis) is 1. The fraction of sp³-hybridized carbons (Fsp3) is 0.543. The Morgan fingerprint density at radius 3 is 2.58 bits per heavy atom. The number of halogens is 1. The molecule has 258 valence electrons. The van der Waals surface area contributed by atoms with Crippen molar-refractivity contribution >= 4 is 39.8 Å². The molecule has 13 heteroatoms. The van der Waals surface area contributed by atoms with Gasteiger partial charge in [0.25, 0.3) is 5.56 Å². The molecule has 1 saturated heterocycles. The number of carbonyl (C=O) groups is 4. The smallest absolute Gasteiger partial charge is 0.408 e. The normalized spacial score (nSPS) is 26.3. The predicted octanol–water partition coefficient (Wildman–Crippen LogP) is 4.67. The van der Waals surface area contributed by atoms with Crippen LogP contribution in [0.2, 0.25) is 0 Å². The van der Waals surface area contributed by atoms with E-state index in [-0.39, 0.29) is 25.5 Å². The van der Waals surface area contributed by atoms with Gasteiger partial charge in [0.15, 0.2) is 0 Å². The van der Waals surface area contributed by atoms with Gasteiger partial charge in [0, 0.05) is 30.5 Å². The van der Waals surface area contributed by atoms with Crippen LogP contribution in [0.1, 0.15) is 78.7 Å². The Morgan fingerprint density at radius 2 is 1.88 bits per heavy atom. The summed E-state index contributed by atoms with van der Waals surface area (Å²) < 4.78 is 12.7. The van der Waals surface area contributed by atoms with Crippen LogP contribution in [-0.4, -0.2) is 74.9 Å². The number of ether oxygens (including phenoxy) is 2. The fourth-order valence-electron chi connectivity index (χ4n) is 6.45. The lowest BCUT2D eigenvalue weighted by Crippen LogP contribution is -2.56. The van der Waals surface area contributed by atoms with E-state index >= 15 is 0 Å². The number of aromatic nitrogens is 2. The van der Waals surface area contributed by atoms with Crippen LogP contribution >= 0.6 is 15.9 Å². The number of hydrogen-bond donors (Lipinski definition) is 2. The first-order chi connectivity index (χ1) is 22.8. The van der Waals surface area contributed by atoms with Crippen molar-refractivity contribution < 1.29 is 28.7 Å². The molecule has 2 aliphatic heterocycles. The van der Waals surface area contributed by atoms with Gasteiger partial charge in [-0.3, -0.25) is 14.4 Å². The van der Waals surface area contributed by atoms with Gasteiger partial charge in [-0.1, -0.05) is 55.3 Å². The fourth-order valence-corrected chi connectivity index (χ4v) is 6.96. The molecular weight excluding hydrogens is 682 g/mol. The van der Waals surface area contributed by atoms with Crippen molar-refractivity contribution in [1.29, 1.82) is 0 Å². The van der Waals surface area contributed by atoms with E-state index in [0.29, 0.717) is 29.4 Å². The van der Waals surface area contributed by atoms with Crippen LogP contribution in [0.15, 0.2) is 57.8 Å². The van der Waals surface area contributed by atoms with Crippen LogP contribution < -0.4 is 16.2 Å². The lowest BCUT2D eigenvalue weighted by Gasteiger charge is -2.30. The molecule has 48 heavy (non-hydrogen) atoms. The Kier molecular flexibility index (Phi) is 10.8. The average molecular weight is 727 g/mol. The average Bonchev–Trinajstić information content (AvgIpc) is 3.53. The summed E-state index contributed by atoms with van der Waals surface area (Å²) in [7, 11) is 0. The van der Waals surface area contributed by atoms with Crippen LogP contribution in [0.25, 0.3) is 11.3 Å². The summed E-state index contributed by atoms with van der Waals surface area (Å²) in [5, 5.41) is 10.4. The number of benzene rings is 1. The third-order valence-electron chi connectivity index (χ3n) is 8.89. The zero-order valence-electron chi connectivity index (χ0n) is 27.9. The molecule has 5 rings (SSSR count). The van der Waals surface area contributed by atoms with Gasteiger partial charge in [0.1, 0.15) is 28.9 Å². The maximum absolute atomic E-state index is 14.4. The number of amides is 3. The van der Waals surface area contributed by atoms with E-state index < -0.39 is 58.7 Å². The van der Waals surface area contributed by atoms with Crippen molar-refractivity contribution in [2.45, 2.75) is 102 Å². The highest BCUT2D eigenvalue weighted by Gasteiger charge is 2.62. The minimum absolute atomic E-state index is 0.0120. The van der Waals surface area contributed by atoms with Crippen molar-refractivity contribution in [1.82, 2.24) is 25.3 Å². The maximum atomic E-state index is 14.4. The van der Waals surface area contributed by atoms with Gasteiger partial charge in [-0.15, -0.1) is 0 Å². The SMILES string of the molecule is CCOC(=O)[C@@]12CC1C=CCCCCC[C@H](NC(=O)OC(C)(C)C)C(=O)N1C[C@H](n3nc(-c4ccccc4)c(Br)cc3=O)C[C@H]1C(=O)N2. The van der Waals surface area contributed by atoms with Gasteiger partial charge in [-0.2, -0.15) is 5.10 Å². The third-order valence-corrected chi connectivity index (χ3v) is 9.49. The number of carbonyl (C=O) groups excluding carboxylic acids is 4. The Morgan fingerprint density at radius 1 is 1.12 bits per heavy atom. The molecule has 2 fully saturated rings. The van der Waals surface area contributed by atoms with Crippen molar-refractivity contribution in [2.24, 2.45) is 5.92 Å². The summed E-state index contributed by atoms with van der Waals surface area (Å²) >= 11 is 3.47. The summed E-state index contributed by atoms with van der Waals surface area (Å²) in [6, 6.07) is 8.10. The molecule has 1 aromatic heterocycles. The lowest BCUT2D eigenvalue weighted by atomic mass is 10.0. The van der Waals surface area contributed by atoms with E-state index in [9.17, 15) is 24.0 Å². The third kappa shape index (κ3) is 7.99. The summed E-state index contributed by atoms with van der Waals surface area (Å²) in [4.78, 5) is 69.5. The van der Waals surface area contributed by atoms with E-state index in [4.69, 9.17) is 14.6 Å². The van der Waals surface area contributed by atoms with Crippen molar-refractivity contribution in [3.8, 4) is 11.3 Å². The number of hydrogen-bond acceptors (Lipinski definition) is 8. The monoisotopic (exact) mass is 725 g/mol. The van der Waals surface area contributed by atoms with Crippen molar-refractivity contribution in [3.63, 3.8) is 0 Å². The summed E-state index contributed by atoms with van der Waals surface area (Å²) in [5.41, 5.74) is -1.11. The highest BCUT2D eigenvalue weighted by molar-refractivity contribution is 9.10. The molecule has 0 bridgehead atoms. The second-order valence-corrected chi connectivity index (χ2v) is 14.5. The Balaban J connectivity index is 1.52. The van der Waals surface area contributed by atoms with E-state index in [1.54, 1.807) is 27.7 Å². The van der Waals surface area contributed by atoms with Crippen LogP contribution in [0.4, 0.5) is 4.79 Å². The number of nitrogens with one attached hydrogen (secondary N) is 2. The molecule has 3 amide bonds. The van der Waals surface area contributed by atoms with Crippen LogP contribution in [-0.2, 0) is 23.9 Å². The van der Waals surface area contributed by atoms with E-state index in [0.717, 1.165) is 24.8 Å². The van der Waals surface area contributed by atoms with E-state index in [1.807, 2.05) is 42.5 Å². The van der Waals surface area contributed by atoms with Gasteiger partial charge >= 0.3 is 12.1 Å². The van der Waals surface area contributed by atoms with Gasteiger partial charge in [-0.25, -0.2) is 14.3 Å². The van der Waals surface area contributed by atoms with E-state index in [1.165, 1.54) is 15.6 Å². The first kappa shape index (κ1) is 35.3. The molecule has 1 aromatic carbocycles. The molecule has 3 heterocycles. The quantitative estimate of drug-likeness (QED) is 0.334. The molecule has 5 atom stereocenters. The van der Waals surface area contributed by atoms with Crippen LogP contribution in [0, 0.1) is 5.92 Å². The Labute approximate surface area is 288 Å². The topological polar surface area (TPSA) is 149 Å². The van der Waals surface area contributed by atoms with Crippen molar-refractivity contribution in [3.05, 3.63) is 63.4 Å². The molecular formula is C35H44BrN5O7. The number of allylic oxidation sites excluding steroid dienone is 1. The number of esters is 1. The highest BCUT2D eigenvalue weighted by atomic mass is 79.9. The van der Waals surface area contributed by atoms with Gasteiger partial charge in [-0.05, 0) is 69.3 Å². The van der Waals surface area contributed by atoms with Crippen molar-refractivity contribution in [2.75, 3.05) is 13.2 Å². The molecule has 0 radical (unpaired) electrons. The minimum atomic E-state index is -1.24. The molecule has 2 N–H and O–H groups in total. The zero-order valence-corrected chi connectivity index (χ0v) is 29.5. The van der Waals surface area contributed by atoms with E-state index in [2.05, 4.69) is 26.6 Å². The largest absolute Gasteiger partial charge is 0.464 e. The molecule has 2 aromatic rings. The van der Waals surface area contributed by atoms with Crippen LogP contribution in [0.3, 0.4) is 0 Å². The first-order valence-corrected chi connectivity index (χ1v) is 17.4.